The van der Waals surface area contributed by atoms with Crippen molar-refractivity contribution in [2.24, 2.45) is 0 Å². The molecule has 6 heteroatoms. The highest BCUT2D eigenvalue weighted by atomic mass is 16.5. The summed E-state index contributed by atoms with van der Waals surface area (Å²) in [4.78, 5) is 9.49. The van der Waals surface area contributed by atoms with Crippen LogP contribution in [0.15, 0.2) is 170 Å². The van der Waals surface area contributed by atoms with Crippen molar-refractivity contribution in [3.05, 3.63) is 182 Å². The quantitative estimate of drug-likeness (QED) is 0.134. The van der Waals surface area contributed by atoms with E-state index in [9.17, 15) is 0 Å². The lowest BCUT2D eigenvalue weighted by atomic mass is 9.88. The van der Waals surface area contributed by atoms with E-state index in [1.807, 2.05) is 30.7 Å². The van der Waals surface area contributed by atoms with Crippen molar-refractivity contribution < 1.29 is 9.30 Å². The lowest BCUT2D eigenvalue weighted by molar-refractivity contribution is -0.571. The summed E-state index contributed by atoms with van der Waals surface area (Å²) in [6.07, 6.45) is 9.49. The lowest BCUT2D eigenvalue weighted by Gasteiger charge is -2.20. The highest BCUT2D eigenvalue weighted by Crippen LogP contribution is 2.43. The van der Waals surface area contributed by atoms with Crippen molar-refractivity contribution in [1.82, 2.24) is 19.1 Å². The number of hydrogen-bond donors (Lipinski definition) is 0. The van der Waals surface area contributed by atoms with Crippen LogP contribution in [-0.2, 0) is 5.41 Å². The lowest BCUT2D eigenvalue weighted by Crippen LogP contribution is -2.31. The Morgan fingerprint density at radius 1 is 0.561 bits per heavy atom. The van der Waals surface area contributed by atoms with Crippen molar-refractivity contribution in [1.29, 1.82) is 0 Å². The van der Waals surface area contributed by atoms with E-state index in [2.05, 4.69) is 185 Å². The van der Waals surface area contributed by atoms with Gasteiger partial charge in [-0.2, -0.15) is 0 Å². The molecule has 0 atom stereocenters. The first kappa shape index (κ1) is 33.1. The van der Waals surface area contributed by atoms with Gasteiger partial charge in [-0.15, -0.1) is 0 Å². The fraction of sp³-hybridized carbons (Fsp3) is 0.0784. The minimum Gasteiger partial charge on any atom is -0.458 e. The summed E-state index contributed by atoms with van der Waals surface area (Å²) in [6.45, 7) is 6.70. The molecule has 11 rings (SSSR count). The average Bonchev–Trinajstić information content (AvgIpc) is 3.80. The molecular formula is C51H37N5O. The Bertz CT molecular complexity index is 3220. The number of rotatable bonds is 4. The number of aromatic nitrogens is 5. The molecule has 6 aromatic carbocycles. The van der Waals surface area contributed by atoms with Crippen molar-refractivity contribution in [3.8, 4) is 62.1 Å². The Morgan fingerprint density at radius 3 is 2.04 bits per heavy atom. The normalized spacial score (nSPS) is 12.1. The first-order valence-corrected chi connectivity index (χ1v) is 19.3. The third-order valence-electron chi connectivity index (χ3n) is 11.2. The van der Waals surface area contributed by atoms with Gasteiger partial charge in [0.15, 0.2) is 0 Å². The van der Waals surface area contributed by atoms with Gasteiger partial charge in [-0.1, -0.05) is 112 Å². The maximum atomic E-state index is 6.72. The molecule has 0 saturated heterocycles. The van der Waals surface area contributed by atoms with Crippen LogP contribution in [0.3, 0.4) is 0 Å². The number of nitrogens with zero attached hydrogens (tertiary/aromatic N) is 5. The van der Waals surface area contributed by atoms with E-state index in [1.54, 1.807) is 0 Å². The van der Waals surface area contributed by atoms with Crippen LogP contribution >= 0.6 is 0 Å². The summed E-state index contributed by atoms with van der Waals surface area (Å²) in [5.41, 5.74) is 14.3. The molecule has 0 aliphatic carbocycles. The van der Waals surface area contributed by atoms with E-state index < -0.39 is 0 Å². The van der Waals surface area contributed by atoms with E-state index in [1.165, 1.54) is 27.6 Å². The van der Waals surface area contributed by atoms with E-state index in [0.717, 1.165) is 72.8 Å². The third kappa shape index (κ3) is 5.29. The molecule has 0 amide bonds. The Labute approximate surface area is 330 Å². The monoisotopic (exact) mass is 735 g/mol. The molecule has 0 spiro atoms. The zero-order valence-electron chi connectivity index (χ0n) is 31.8. The molecule has 57 heavy (non-hydrogen) atoms. The zero-order chi connectivity index (χ0) is 38.3. The molecule has 0 N–H and O–H groups in total. The molecule has 0 fully saturated rings. The molecule has 0 radical (unpaired) electrons. The van der Waals surface area contributed by atoms with Gasteiger partial charge in [0.1, 0.15) is 17.3 Å². The number of hydrogen-bond acceptors (Lipinski definition) is 3. The maximum Gasteiger partial charge on any atom is 0.269 e. The van der Waals surface area contributed by atoms with Crippen molar-refractivity contribution in [2.75, 3.05) is 0 Å². The minimum absolute atomic E-state index is 0.00919. The van der Waals surface area contributed by atoms with Gasteiger partial charge in [0, 0.05) is 35.4 Å². The van der Waals surface area contributed by atoms with E-state index >= 15 is 0 Å². The molecule has 0 saturated carbocycles. The number of imidazole rings is 1. The largest absolute Gasteiger partial charge is 0.458 e. The van der Waals surface area contributed by atoms with Gasteiger partial charge < -0.3 is 4.74 Å². The molecular weight excluding hydrogens is 699 g/mol. The van der Waals surface area contributed by atoms with Gasteiger partial charge in [0.05, 0.1) is 33.4 Å². The van der Waals surface area contributed by atoms with Crippen LogP contribution in [0.5, 0.6) is 11.5 Å². The standard InChI is InChI=1S/C51H37N5O/c1-51(2,3)33-24-27-53-49(28-33)56-45-20-9-8-18-41(45)42-23-22-36(30-47(42)56)57-35-13-10-12-34(29-35)54-32-55-48-31-52-26-25-43(48)39-16-6-4-14-37(39)38-15-5-7-17-40(38)44-19-11-21-46(54)50(44)55/h4-31H,1-3H3. The van der Waals surface area contributed by atoms with Gasteiger partial charge in [0.2, 0.25) is 0 Å². The van der Waals surface area contributed by atoms with Crippen LogP contribution in [0.1, 0.15) is 26.3 Å². The fourth-order valence-electron chi connectivity index (χ4n) is 8.53. The molecule has 1 aliphatic heterocycles. The Kier molecular flexibility index (Phi) is 7.32. The molecule has 0 bridgehead atoms. The van der Waals surface area contributed by atoms with E-state index in [0.29, 0.717) is 0 Å². The Hall–Kier alpha value is -7.31. The predicted molar refractivity (Wildman–Crippen MR) is 229 cm³/mol. The Morgan fingerprint density at radius 2 is 1.23 bits per heavy atom. The zero-order valence-corrected chi connectivity index (χ0v) is 31.8. The van der Waals surface area contributed by atoms with Crippen molar-refractivity contribution >= 4 is 32.8 Å². The summed E-state index contributed by atoms with van der Waals surface area (Å²) < 4.78 is 13.3. The number of benzene rings is 6. The second-order valence-electron chi connectivity index (χ2n) is 15.7. The summed E-state index contributed by atoms with van der Waals surface area (Å²) in [5, 5.41) is 2.32. The second kappa shape index (κ2) is 12.6. The second-order valence-corrected chi connectivity index (χ2v) is 15.7. The molecule has 5 heterocycles. The summed E-state index contributed by atoms with van der Waals surface area (Å²) in [5.74, 6) is 2.35. The first-order valence-electron chi connectivity index (χ1n) is 19.3. The number of fused-ring (bicyclic) bond motifs is 10. The molecule has 0 unspecified atom stereocenters. The first-order chi connectivity index (χ1) is 27.9. The van der Waals surface area contributed by atoms with Crippen LogP contribution in [0.4, 0.5) is 0 Å². The van der Waals surface area contributed by atoms with Crippen LogP contribution < -0.4 is 9.30 Å². The van der Waals surface area contributed by atoms with Crippen LogP contribution in [0, 0.1) is 6.33 Å². The van der Waals surface area contributed by atoms with Crippen LogP contribution in [-0.4, -0.2) is 19.1 Å². The van der Waals surface area contributed by atoms with E-state index in [-0.39, 0.29) is 5.41 Å². The summed E-state index contributed by atoms with van der Waals surface area (Å²) in [6, 6.07) is 53.3. The number of pyridine rings is 2. The summed E-state index contributed by atoms with van der Waals surface area (Å²) >= 11 is 0. The topological polar surface area (TPSA) is 48.8 Å². The van der Waals surface area contributed by atoms with Gasteiger partial charge in [-0.05, 0) is 99.0 Å². The SMILES string of the molecule is CC(C)(C)c1ccnc(-n2c3ccccc3c3ccc(Oc4cccc(-n5[c-][n+]6c7c(cccc75)-c5ccccc5-c5ccccc5-c5ccncc5-6)c4)cc32)c1. The average molecular weight is 736 g/mol. The van der Waals surface area contributed by atoms with Crippen molar-refractivity contribution in [2.45, 2.75) is 26.2 Å². The van der Waals surface area contributed by atoms with Crippen LogP contribution in [0.25, 0.3) is 83.4 Å². The van der Waals surface area contributed by atoms with Gasteiger partial charge in [0.25, 0.3) is 6.33 Å². The van der Waals surface area contributed by atoms with E-state index in [4.69, 9.17) is 9.72 Å². The van der Waals surface area contributed by atoms with Gasteiger partial charge >= 0.3 is 0 Å². The summed E-state index contributed by atoms with van der Waals surface area (Å²) in [7, 11) is 0. The molecule has 4 aromatic heterocycles. The van der Waals surface area contributed by atoms with Gasteiger partial charge in [-0.3, -0.25) is 18.7 Å². The number of para-hydroxylation sites is 2. The van der Waals surface area contributed by atoms with Crippen LogP contribution in [0.2, 0.25) is 0 Å². The highest BCUT2D eigenvalue weighted by molar-refractivity contribution is 6.09. The molecule has 272 valence electrons. The van der Waals surface area contributed by atoms with Gasteiger partial charge in [-0.25, -0.2) is 4.98 Å². The smallest absolute Gasteiger partial charge is 0.269 e. The molecule has 6 nitrogen and oxygen atoms in total. The van der Waals surface area contributed by atoms with Crippen molar-refractivity contribution in [3.63, 3.8) is 0 Å². The number of ether oxygens (including phenoxy) is 1. The predicted octanol–water partition coefficient (Wildman–Crippen LogP) is 12.0. The Balaban J connectivity index is 1.05. The maximum absolute atomic E-state index is 6.72. The minimum atomic E-state index is -0.00919. The highest BCUT2D eigenvalue weighted by Gasteiger charge is 2.24. The molecule has 1 aliphatic rings. The molecule has 10 aromatic rings. The fourth-order valence-corrected chi connectivity index (χ4v) is 8.53. The third-order valence-corrected chi connectivity index (χ3v) is 11.2.